The van der Waals surface area contributed by atoms with Crippen LogP contribution in [0.15, 0.2) is 12.7 Å². The summed E-state index contributed by atoms with van der Waals surface area (Å²) in [4.78, 5) is 24.6. The van der Waals surface area contributed by atoms with E-state index in [1.54, 1.807) is 0 Å². The molecule has 0 rings (SSSR count). The van der Waals surface area contributed by atoms with Gasteiger partial charge in [0, 0.05) is 13.0 Å². The minimum absolute atomic E-state index is 0.105. The molecule has 5 nitrogen and oxygen atoms in total. The number of hydrogen-bond donors (Lipinski definition) is 1. The lowest BCUT2D eigenvalue weighted by Crippen LogP contribution is -2.21. The molecule has 0 saturated carbocycles. The van der Waals surface area contributed by atoms with Crippen LogP contribution in [0.4, 0.5) is 4.79 Å². The van der Waals surface area contributed by atoms with Gasteiger partial charge < -0.3 is 14.4 Å². The number of carbonyl (C=O) groups excluding carboxylic acids is 2. The summed E-state index contributed by atoms with van der Waals surface area (Å²) in [5, 5.41) is 0. The zero-order chi connectivity index (χ0) is 9.23. The Kier molecular flexibility index (Phi) is 6.87. The summed E-state index contributed by atoms with van der Waals surface area (Å²) in [5.41, 5.74) is 2.25. The summed E-state index contributed by atoms with van der Waals surface area (Å²) < 4.78 is 4.44. The van der Waals surface area contributed by atoms with E-state index in [9.17, 15) is 9.59 Å². The van der Waals surface area contributed by atoms with Gasteiger partial charge in [-0.05, 0) is 0 Å². The van der Waals surface area contributed by atoms with E-state index < -0.39 is 6.16 Å². The molecule has 12 heavy (non-hydrogen) atoms. The number of ether oxygens (including phenoxy) is 1. The molecular formula is C7H11NO4. The van der Waals surface area contributed by atoms with Crippen LogP contribution in [0.1, 0.15) is 6.42 Å². The Bertz CT molecular complexity index is 157. The van der Waals surface area contributed by atoms with E-state index in [1.807, 2.05) is 0 Å². The SMILES string of the molecule is C=CCOC(=O)ONCCC=O. The molecule has 0 atom stereocenters. The smallest absolute Gasteiger partial charge is 0.429 e. The topological polar surface area (TPSA) is 64.6 Å². The minimum atomic E-state index is -0.833. The molecule has 0 radical (unpaired) electrons. The van der Waals surface area contributed by atoms with Gasteiger partial charge in [0.2, 0.25) is 0 Å². The van der Waals surface area contributed by atoms with Crippen molar-refractivity contribution in [2.24, 2.45) is 0 Å². The van der Waals surface area contributed by atoms with Gasteiger partial charge in [-0.1, -0.05) is 12.7 Å². The first-order valence-electron chi connectivity index (χ1n) is 3.42. The molecule has 0 heterocycles. The Labute approximate surface area is 70.3 Å². The highest BCUT2D eigenvalue weighted by Crippen LogP contribution is 1.82. The molecule has 0 amide bonds. The second-order valence-electron chi connectivity index (χ2n) is 1.80. The highest BCUT2D eigenvalue weighted by atomic mass is 16.8. The van der Waals surface area contributed by atoms with E-state index in [0.717, 1.165) is 0 Å². The molecule has 0 unspecified atom stereocenters. The summed E-state index contributed by atoms with van der Waals surface area (Å²) in [6.07, 6.45) is 1.59. The quantitative estimate of drug-likeness (QED) is 0.207. The van der Waals surface area contributed by atoms with Crippen molar-refractivity contribution in [3.63, 3.8) is 0 Å². The highest BCUT2D eigenvalue weighted by molar-refractivity contribution is 5.59. The van der Waals surface area contributed by atoms with Crippen LogP contribution in [-0.4, -0.2) is 25.6 Å². The van der Waals surface area contributed by atoms with Crippen molar-refractivity contribution >= 4 is 12.4 Å². The fourth-order valence-electron chi connectivity index (χ4n) is 0.384. The molecule has 0 aliphatic rings. The predicted molar refractivity (Wildman–Crippen MR) is 41.3 cm³/mol. The van der Waals surface area contributed by atoms with Gasteiger partial charge in [0.1, 0.15) is 12.9 Å². The average Bonchev–Trinajstić information content (AvgIpc) is 2.09. The average molecular weight is 173 g/mol. The van der Waals surface area contributed by atoms with Crippen LogP contribution in [0.5, 0.6) is 0 Å². The molecule has 0 aliphatic heterocycles. The van der Waals surface area contributed by atoms with Gasteiger partial charge in [-0.2, -0.15) is 0 Å². The number of hydroxylamine groups is 1. The molecule has 0 saturated heterocycles. The van der Waals surface area contributed by atoms with Crippen molar-refractivity contribution in [1.29, 1.82) is 0 Å². The van der Waals surface area contributed by atoms with Crippen LogP contribution in [-0.2, 0) is 14.4 Å². The lowest BCUT2D eigenvalue weighted by Gasteiger charge is -2.02. The molecule has 0 fully saturated rings. The monoisotopic (exact) mass is 173 g/mol. The molecule has 0 aromatic heterocycles. The number of hydrogen-bond acceptors (Lipinski definition) is 5. The Morgan fingerprint density at radius 3 is 2.92 bits per heavy atom. The summed E-state index contributed by atoms with van der Waals surface area (Å²) in [5.74, 6) is 0. The molecule has 68 valence electrons. The molecule has 0 bridgehead atoms. The van der Waals surface area contributed by atoms with E-state index in [0.29, 0.717) is 6.29 Å². The van der Waals surface area contributed by atoms with E-state index >= 15 is 0 Å². The normalized spacial score (nSPS) is 8.67. The highest BCUT2D eigenvalue weighted by Gasteiger charge is 2.00. The second kappa shape index (κ2) is 7.74. The fourth-order valence-corrected chi connectivity index (χ4v) is 0.384. The standard InChI is InChI=1S/C7H11NO4/c1-2-6-11-7(10)12-8-4-3-5-9/h2,5,8H,1,3-4,6H2. The third-order valence-corrected chi connectivity index (χ3v) is 0.839. The van der Waals surface area contributed by atoms with Gasteiger partial charge in [0.25, 0.3) is 0 Å². The van der Waals surface area contributed by atoms with Gasteiger partial charge in [-0.15, -0.1) is 5.48 Å². The Morgan fingerprint density at radius 1 is 1.58 bits per heavy atom. The summed E-state index contributed by atoms with van der Waals surface area (Å²) in [6.45, 7) is 3.73. The predicted octanol–water partition coefficient (Wildman–Crippen LogP) is 0.419. The second-order valence-corrected chi connectivity index (χ2v) is 1.80. The van der Waals surface area contributed by atoms with Gasteiger partial charge in [0.05, 0.1) is 0 Å². The van der Waals surface area contributed by atoms with Crippen molar-refractivity contribution in [2.45, 2.75) is 6.42 Å². The van der Waals surface area contributed by atoms with Crippen LogP contribution in [0.2, 0.25) is 0 Å². The first kappa shape index (κ1) is 10.6. The van der Waals surface area contributed by atoms with Gasteiger partial charge in [-0.3, -0.25) is 0 Å². The molecule has 1 N–H and O–H groups in total. The van der Waals surface area contributed by atoms with E-state index in [2.05, 4.69) is 21.6 Å². The van der Waals surface area contributed by atoms with Crippen LogP contribution < -0.4 is 5.48 Å². The number of rotatable bonds is 6. The molecular weight excluding hydrogens is 162 g/mol. The van der Waals surface area contributed by atoms with Crippen molar-refractivity contribution in [2.75, 3.05) is 13.2 Å². The summed E-state index contributed by atoms with van der Waals surface area (Å²) in [6, 6.07) is 0. The van der Waals surface area contributed by atoms with Gasteiger partial charge >= 0.3 is 6.16 Å². The first-order valence-corrected chi connectivity index (χ1v) is 3.42. The molecule has 0 spiro atoms. The van der Waals surface area contributed by atoms with Crippen LogP contribution in [0.25, 0.3) is 0 Å². The third-order valence-electron chi connectivity index (χ3n) is 0.839. The van der Waals surface area contributed by atoms with E-state index in [1.165, 1.54) is 6.08 Å². The van der Waals surface area contributed by atoms with Crippen LogP contribution in [0.3, 0.4) is 0 Å². The molecule has 0 aromatic rings. The fraction of sp³-hybridized carbons (Fsp3) is 0.429. The zero-order valence-corrected chi connectivity index (χ0v) is 6.62. The third kappa shape index (κ3) is 6.76. The number of aldehydes is 1. The largest absolute Gasteiger partial charge is 0.528 e. The Balaban J connectivity index is 3.19. The number of nitrogens with one attached hydrogen (secondary N) is 1. The maximum Gasteiger partial charge on any atom is 0.528 e. The molecule has 5 heteroatoms. The summed E-state index contributed by atoms with van der Waals surface area (Å²) in [7, 11) is 0. The minimum Gasteiger partial charge on any atom is -0.429 e. The van der Waals surface area contributed by atoms with Crippen molar-refractivity contribution < 1.29 is 19.2 Å². The zero-order valence-electron chi connectivity index (χ0n) is 6.62. The van der Waals surface area contributed by atoms with Gasteiger partial charge in [0.15, 0.2) is 0 Å². The lowest BCUT2D eigenvalue weighted by atomic mass is 10.5. The maximum atomic E-state index is 10.5. The summed E-state index contributed by atoms with van der Waals surface area (Å²) >= 11 is 0. The Hall–Kier alpha value is -1.36. The number of carbonyl (C=O) groups is 2. The first-order chi connectivity index (χ1) is 5.81. The van der Waals surface area contributed by atoms with Crippen molar-refractivity contribution in [3.8, 4) is 0 Å². The van der Waals surface area contributed by atoms with Gasteiger partial charge in [-0.25, -0.2) is 4.79 Å². The molecule has 0 aliphatic carbocycles. The van der Waals surface area contributed by atoms with E-state index in [4.69, 9.17) is 0 Å². The van der Waals surface area contributed by atoms with Crippen LogP contribution >= 0.6 is 0 Å². The lowest BCUT2D eigenvalue weighted by molar-refractivity contribution is -0.108. The maximum absolute atomic E-state index is 10.5. The Morgan fingerprint density at radius 2 is 2.33 bits per heavy atom. The van der Waals surface area contributed by atoms with Crippen molar-refractivity contribution in [1.82, 2.24) is 5.48 Å². The van der Waals surface area contributed by atoms with Crippen molar-refractivity contribution in [3.05, 3.63) is 12.7 Å². The van der Waals surface area contributed by atoms with Crippen LogP contribution in [0, 0.1) is 0 Å². The van der Waals surface area contributed by atoms with E-state index in [-0.39, 0.29) is 19.6 Å². The molecule has 0 aromatic carbocycles.